The van der Waals surface area contributed by atoms with Gasteiger partial charge in [0, 0.05) is 6.20 Å². The lowest BCUT2D eigenvalue weighted by molar-refractivity contribution is 0.169. The highest BCUT2D eigenvalue weighted by Gasteiger charge is 2.11. The number of unbranched alkanes of at least 4 members (excludes halogenated alkanes) is 1. The SMILES string of the molecule is CCCCC(CCC)Oc1ncccc1Cl. The summed E-state index contributed by atoms with van der Waals surface area (Å²) in [7, 11) is 0. The van der Waals surface area contributed by atoms with Gasteiger partial charge in [0.05, 0.1) is 0 Å². The van der Waals surface area contributed by atoms with E-state index in [1.54, 1.807) is 6.20 Å². The number of ether oxygens (including phenoxy) is 1. The molecule has 1 heterocycles. The van der Waals surface area contributed by atoms with Gasteiger partial charge in [-0.05, 0) is 25.0 Å². The molecule has 0 aliphatic rings. The highest BCUT2D eigenvalue weighted by Crippen LogP contribution is 2.23. The van der Waals surface area contributed by atoms with E-state index in [4.69, 9.17) is 16.3 Å². The predicted octanol–water partition coefficient (Wildman–Crippen LogP) is 4.47. The van der Waals surface area contributed by atoms with Gasteiger partial charge in [0.2, 0.25) is 5.88 Å². The van der Waals surface area contributed by atoms with Crippen molar-refractivity contribution in [1.82, 2.24) is 4.98 Å². The molecule has 1 atom stereocenters. The fraction of sp³-hybridized carbons (Fsp3) is 0.615. The van der Waals surface area contributed by atoms with Crippen LogP contribution in [0.25, 0.3) is 0 Å². The molecule has 0 saturated carbocycles. The second-order valence-electron chi connectivity index (χ2n) is 3.96. The van der Waals surface area contributed by atoms with Crippen molar-refractivity contribution >= 4 is 11.6 Å². The van der Waals surface area contributed by atoms with Crippen LogP contribution in [0.3, 0.4) is 0 Å². The Balaban J connectivity index is 2.56. The zero-order chi connectivity index (χ0) is 11.8. The van der Waals surface area contributed by atoms with E-state index in [-0.39, 0.29) is 6.10 Å². The maximum Gasteiger partial charge on any atom is 0.232 e. The first-order valence-corrected chi connectivity index (χ1v) is 6.42. The van der Waals surface area contributed by atoms with E-state index in [0.29, 0.717) is 10.9 Å². The normalized spacial score (nSPS) is 12.4. The summed E-state index contributed by atoms with van der Waals surface area (Å²) in [5.74, 6) is 0.568. The molecule has 0 radical (unpaired) electrons. The number of pyridine rings is 1. The molecule has 0 spiro atoms. The van der Waals surface area contributed by atoms with Crippen molar-refractivity contribution in [2.45, 2.75) is 52.1 Å². The maximum absolute atomic E-state index is 6.02. The Morgan fingerprint density at radius 3 is 2.75 bits per heavy atom. The number of nitrogens with zero attached hydrogens (tertiary/aromatic N) is 1. The highest BCUT2D eigenvalue weighted by molar-refractivity contribution is 6.31. The highest BCUT2D eigenvalue weighted by atomic mass is 35.5. The van der Waals surface area contributed by atoms with Gasteiger partial charge >= 0.3 is 0 Å². The van der Waals surface area contributed by atoms with Gasteiger partial charge in [-0.25, -0.2) is 4.98 Å². The molecule has 0 N–H and O–H groups in total. The number of halogens is 1. The average Bonchev–Trinajstić information content (AvgIpc) is 2.29. The summed E-state index contributed by atoms with van der Waals surface area (Å²) in [6, 6.07) is 3.63. The van der Waals surface area contributed by atoms with Crippen molar-refractivity contribution in [2.75, 3.05) is 0 Å². The standard InChI is InChI=1S/C13H20ClNO/c1-3-5-8-11(7-4-2)16-13-12(14)9-6-10-15-13/h6,9-11H,3-5,7-8H2,1-2H3. The van der Waals surface area contributed by atoms with Gasteiger partial charge in [-0.3, -0.25) is 0 Å². The van der Waals surface area contributed by atoms with Gasteiger partial charge in [-0.15, -0.1) is 0 Å². The zero-order valence-electron chi connectivity index (χ0n) is 10.1. The number of hydrogen-bond donors (Lipinski definition) is 0. The molecule has 1 aromatic heterocycles. The lowest BCUT2D eigenvalue weighted by Gasteiger charge is -2.18. The molecule has 1 rings (SSSR count). The minimum Gasteiger partial charge on any atom is -0.473 e. The summed E-state index contributed by atoms with van der Waals surface area (Å²) >= 11 is 6.02. The Labute approximate surface area is 103 Å². The van der Waals surface area contributed by atoms with Crippen molar-refractivity contribution < 1.29 is 4.74 Å². The molecular weight excluding hydrogens is 222 g/mol. The molecule has 0 fully saturated rings. The lowest BCUT2D eigenvalue weighted by Crippen LogP contribution is -2.17. The minimum absolute atomic E-state index is 0.248. The maximum atomic E-state index is 6.02. The fourth-order valence-electron chi connectivity index (χ4n) is 1.63. The Hall–Kier alpha value is -0.760. The van der Waals surface area contributed by atoms with Gasteiger partial charge in [-0.1, -0.05) is 44.7 Å². The van der Waals surface area contributed by atoms with E-state index in [0.717, 1.165) is 19.3 Å². The Morgan fingerprint density at radius 2 is 2.12 bits per heavy atom. The van der Waals surface area contributed by atoms with Crippen molar-refractivity contribution in [3.05, 3.63) is 23.4 Å². The molecular formula is C13H20ClNO. The van der Waals surface area contributed by atoms with Crippen LogP contribution in [0.2, 0.25) is 5.02 Å². The van der Waals surface area contributed by atoms with Crippen LogP contribution in [0, 0.1) is 0 Å². The topological polar surface area (TPSA) is 22.1 Å². The van der Waals surface area contributed by atoms with E-state index in [9.17, 15) is 0 Å². The predicted molar refractivity (Wildman–Crippen MR) is 68.1 cm³/mol. The molecule has 2 nitrogen and oxygen atoms in total. The Bertz CT molecular complexity index is 304. The van der Waals surface area contributed by atoms with Crippen LogP contribution < -0.4 is 4.74 Å². The van der Waals surface area contributed by atoms with E-state index < -0.39 is 0 Å². The second-order valence-corrected chi connectivity index (χ2v) is 4.37. The monoisotopic (exact) mass is 241 g/mol. The van der Waals surface area contributed by atoms with Crippen LogP contribution in [0.5, 0.6) is 5.88 Å². The van der Waals surface area contributed by atoms with Gasteiger partial charge in [0.15, 0.2) is 0 Å². The minimum atomic E-state index is 0.248. The van der Waals surface area contributed by atoms with Crippen LogP contribution in [0.1, 0.15) is 46.0 Å². The Kier molecular flexibility index (Phi) is 6.24. The first kappa shape index (κ1) is 13.3. The summed E-state index contributed by atoms with van der Waals surface area (Å²) in [5.41, 5.74) is 0. The molecule has 90 valence electrons. The van der Waals surface area contributed by atoms with Crippen molar-refractivity contribution in [2.24, 2.45) is 0 Å². The van der Waals surface area contributed by atoms with E-state index in [1.165, 1.54) is 12.8 Å². The lowest BCUT2D eigenvalue weighted by atomic mass is 10.1. The van der Waals surface area contributed by atoms with Crippen LogP contribution in [-0.2, 0) is 0 Å². The van der Waals surface area contributed by atoms with E-state index >= 15 is 0 Å². The zero-order valence-corrected chi connectivity index (χ0v) is 10.8. The van der Waals surface area contributed by atoms with Gasteiger partial charge in [0.1, 0.15) is 11.1 Å². The van der Waals surface area contributed by atoms with Gasteiger partial charge in [-0.2, -0.15) is 0 Å². The molecule has 3 heteroatoms. The number of rotatable bonds is 7. The van der Waals surface area contributed by atoms with Gasteiger partial charge in [0.25, 0.3) is 0 Å². The molecule has 0 amide bonds. The summed E-state index contributed by atoms with van der Waals surface area (Å²) in [4.78, 5) is 4.15. The smallest absolute Gasteiger partial charge is 0.232 e. The van der Waals surface area contributed by atoms with Crippen LogP contribution >= 0.6 is 11.6 Å². The molecule has 0 aliphatic carbocycles. The molecule has 1 unspecified atom stereocenters. The van der Waals surface area contributed by atoms with Crippen LogP contribution in [0.4, 0.5) is 0 Å². The average molecular weight is 242 g/mol. The summed E-state index contributed by atoms with van der Waals surface area (Å²) in [6.07, 6.45) is 7.61. The van der Waals surface area contributed by atoms with Crippen molar-refractivity contribution in [3.63, 3.8) is 0 Å². The third-order valence-electron chi connectivity index (χ3n) is 2.49. The number of aromatic nitrogens is 1. The summed E-state index contributed by atoms with van der Waals surface area (Å²) in [5, 5.41) is 0.597. The summed E-state index contributed by atoms with van der Waals surface area (Å²) < 4.78 is 5.84. The van der Waals surface area contributed by atoms with Crippen LogP contribution in [0.15, 0.2) is 18.3 Å². The summed E-state index contributed by atoms with van der Waals surface area (Å²) in [6.45, 7) is 4.36. The molecule has 1 aromatic rings. The third-order valence-corrected chi connectivity index (χ3v) is 2.78. The largest absolute Gasteiger partial charge is 0.473 e. The molecule has 0 bridgehead atoms. The first-order chi connectivity index (χ1) is 7.77. The van der Waals surface area contributed by atoms with Crippen molar-refractivity contribution in [1.29, 1.82) is 0 Å². The molecule has 0 saturated heterocycles. The second kappa shape index (κ2) is 7.50. The van der Waals surface area contributed by atoms with Crippen LogP contribution in [-0.4, -0.2) is 11.1 Å². The van der Waals surface area contributed by atoms with E-state index in [1.807, 2.05) is 12.1 Å². The Morgan fingerprint density at radius 1 is 1.31 bits per heavy atom. The molecule has 16 heavy (non-hydrogen) atoms. The van der Waals surface area contributed by atoms with Gasteiger partial charge < -0.3 is 4.74 Å². The fourth-order valence-corrected chi connectivity index (χ4v) is 1.80. The molecule has 0 aromatic carbocycles. The first-order valence-electron chi connectivity index (χ1n) is 6.05. The van der Waals surface area contributed by atoms with E-state index in [2.05, 4.69) is 18.8 Å². The number of hydrogen-bond acceptors (Lipinski definition) is 2. The van der Waals surface area contributed by atoms with Crippen molar-refractivity contribution in [3.8, 4) is 5.88 Å². The third kappa shape index (κ3) is 4.40. The molecule has 0 aliphatic heterocycles. The quantitative estimate of drug-likeness (QED) is 0.703.